The predicted molar refractivity (Wildman–Crippen MR) is 114 cm³/mol. The van der Waals surface area contributed by atoms with Crippen molar-refractivity contribution in [3.63, 3.8) is 0 Å². The summed E-state index contributed by atoms with van der Waals surface area (Å²) in [5.74, 6) is 0.884. The zero-order chi connectivity index (χ0) is 20.1. The molecule has 0 aliphatic rings. The number of hydrogen-bond acceptors (Lipinski definition) is 5. The standard InChI is InChI=1S/C21H21ClN4O2/c1-26(2)17-8-6-16(7-9-17)24-20-11-4-14(13-23-20)21(27)25-18-12-15(22)5-10-19(18)28-3/h4-13H,1-3H3,(H,23,24)(H,25,27). The molecule has 0 spiro atoms. The maximum absolute atomic E-state index is 12.5. The molecule has 3 rings (SSSR count). The Morgan fingerprint density at radius 3 is 2.43 bits per heavy atom. The minimum absolute atomic E-state index is 0.296. The number of anilines is 4. The number of hydrogen-bond donors (Lipinski definition) is 2. The maximum Gasteiger partial charge on any atom is 0.257 e. The summed E-state index contributed by atoms with van der Waals surface area (Å²) in [5.41, 5.74) is 2.96. The van der Waals surface area contributed by atoms with Crippen molar-refractivity contribution in [2.45, 2.75) is 0 Å². The van der Waals surface area contributed by atoms with E-state index in [0.717, 1.165) is 11.4 Å². The Balaban J connectivity index is 1.68. The van der Waals surface area contributed by atoms with Gasteiger partial charge in [0.1, 0.15) is 11.6 Å². The number of rotatable bonds is 6. The molecule has 0 radical (unpaired) electrons. The van der Waals surface area contributed by atoms with Crippen LogP contribution in [0.3, 0.4) is 0 Å². The van der Waals surface area contributed by atoms with Crippen LogP contribution in [0.1, 0.15) is 10.4 Å². The van der Waals surface area contributed by atoms with Crippen molar-refractivity contribution in [1.82, 2.24) is 4.98 Å². The van der Waals surface area contributed by atoms with E-state index in [2.05, 4.69) is 15.6 Å². The number of carbonyl (C=O) groups is 1. The second-order valence-electron chi connectivity index (χ2n) is 6.30. The van der Waals surface area contributed by atoms with Crippen LogP contribution in [0.4, 0.5) is 22.9 Å². The third-order valence-corrected chi connectivity index (χ3v) is 4.33. The Morgan fingerprint density at radius 1 is 1.07 bits per heavy atom. The van der Waals surface area contributed by atoms with E-state index in [1.54, 1.807) is 30.3 Å². The Kier molecular flexibility index (Phi) is 6.01. The number of ether oxygens (including phenoxy) is 1. The van der Waals surface area contributed by atoms with Gasteiger partial charge in [0, 0.05) is 36.7 Å². The summed E-state index contributed by atoms with van der Waals surface area (Å²) in [4.78, 5) is 18.8. The first kappa shape index (κ1) is 19.5. The average molecular weight is 397 g/mol. The average Bonchev–Trinajstić information content (AvgIpc) is 2.69. The summed E-state index contributed by atoms with van der Waals surface area (Å²) in [7, 11) is 5.52. The molecule has 0 bridgehead atoms. The van der Waals surface area contributed by atoms with Crippen LogP contribution >= 0.6 is 11.6 Å². The number of aromatic nitrogens is 1. The molecular weight excluding hydrogens is 376 g/mol. The third-order valence-electron chi connectivity index (χ3n) is 4.09. The lowest BCUT2D eigenvalue weighted by molar-refractivity contribution is 0.102. The second-order valence-corrected chi connectivity index (χ2v) is 6.73. The lowest BCUT2D eigenvalue weighted by Gasteiger charge is -2.13. The highest BCUT2D eigenvalue weighted by Crippen LogP contribution is 2.28. The van der Waals surface area contributed by atoms with Crippen molar-refractivity contribution in [2.24, 2.45) is 0 Å². The molecule has 0 aliphatic carbocycles. The second kappa shape index (κ2) is 8.63. The van der Waals surface area contributed by atoms with E-state index in [1.165, 1.54) is 13.3 Å². The molecule has 6 nitrogen and oxygen atoms in total. The summed E-state index contributed by atoms with van der Waals surface area (Å²) >= 11 is 6.00. The quantitative estimate of drug-likeness (QED) is 0.626. The van der Waals surface area contributed by atoms with Gasteiger partial charge < -0.3 is 20.3 Å². The molecule has 0 unspecified atom stereocenters. The van der Waals surface area contributed by atoms with Gasteiger partial charge in [-0.25, -0.2) is 4.98 Å². The number of nitrogens with zero attached hydrogens (tertiary/aromatic N) is 2. The normalized spacial score (nSPS) is 10.3. The van der Waals surface area contributed by atoms with E-state index in [9.17, 15) is 4.79 Å². The van der Waals surface area contributed by atoms with Crippen molar-refractivity contribution in [3.05, 3.63) is 71.4 Å². The van der Waals surface area contributed by atoms with Crippen molar-refractivity contribution >= 4 is 40.4 Å². The van der Waals surface area contributed by atoms with E-state index >= 15 is 0 Å². The number of methoxy groups -OCH3 is 1. The van der Waals surface area contributed by atoms with Crippen LogP contribution in [-0.4, -0.2) is 32.1 Å². The smallest absolute Gasteiger partial charge is 0.257 e. The fraction of sp³-hybridized carbons (Fsp3) is 0.143. The summed E-state index contributed by atoms with van der Waals surface area (Å²) in [5, 5.41) is 6.51. The van der Waals surface area contributed by atoms with Gasteiger partial charge in [0.25, 0.3) is 5.91 Å². The zero-order valence-corrected chi connectivity index (χ0v) is 16.6. The van der Waals surface area contributed by atoms with Crippen LogP contribution in [0, 0.1) is 0 Å². The van der Waals surface area contributed by atoms with Gasteiger partial charge in [-0.15, -0.1) is 0 Å². The van der Waals surface area contributed by atoms with Crippen LogP contribution in [0.15, 0.2) is 60.8 Å². The van der Waals surface area contributed by atoms with Crippen LogP contribution in [-0.2, 0) is 0 Å². The molecular formula is C21H21ClN4O2. The predicted octanol–water partition coefficient (Wildman–Crippen LogP) is 4.81. The van der Waals surface area contributed by atoms with Crippen molar-refractivity contribution in [1.29, 1.82) is 0 Å². The van der Waals surface area contributed by atoms with Gasteiger partial charge in [-0.2, -0.15) is 0 Å². The molecule has 1 amide bonds. The summed E-state index contributed by atoms with van der Waals surface area (Å²) in [6.07, 6.45) is 1.52. The molecule has 0 aliphatic heterocycles. The first-order chi connectivity index (χ1) is 13.5. The third kappa shape index (κ3) is 4.72. The van der Waals surface area contributed by atoms with E-state index in [1.807, 2.05) is 43.3 Å². The summed E-state index contributed by atoms with van der Waals surface area (Å²) in [6.45, 7) is 0. The first-order valence-electron chi connectivity index (χ1n) is 8.61. The fourth-order valence-electron chi connectivity index (χ4n) is 2.57. The Bertz CT molecular complexity index is 957. The number of amides is 1. The molecule has 3 aromatic rings. The van der Waals surface area contributed by atoms with E-state index in [4.69, 9.17) is 16.3 Å². The molecule has 28 heavy (non-hydrogen) atoms. The molecule has 7 heteroatoms. The molecule has 1 heterocycles. The van der Waals surface area contributed by atoms with Gasteiger partial charge in [0.15, 0.2) is 0 Å². The lowest BCUT2D eigenvalue weighted by atomic mass is 10.2. The zero-order valence-electron chi connectivity index (χ0n) is 15.9. The molecule has 0 saturated heterocycles. The van der Waals surface area contributed by atoms with E-state index < -0.39 is 0 Å². The molecule has 144 valence electrons. The molecule has 0 atom stereocenters. The molecule has 0 saturated carbocycles. The maximum atomic E-state index is 12.5. The monoisotopic (exact) mass is 396 g/mol. The van der Waals surface area contributed by atoms with Gasteiger partial charge >= 0.3 is 0 Å². The van der Waals surface area contributed by atoms with Gasteiger partial charge in [-0.1, -0.05) is 11.6 Å². The van der Waals surface area contributed by atoms with Crippen molar-refractivity contribution in [3.8, 4) is 5.75 Å². The highest BCUT2D eigenvalue weighted by Gasteiger charge is 2.11. The van der Waals surface area contributed by atoms with Crippen LogP contribution in [0.5, 0.6) is 5.75 Å². The molecule has 2 aromatic carbocycles. The first-order valence-corrected chi connectivity index (χ1v) is 8.99. The topological polar surface area (TPSA) is 66.5 Å². The van der Waals surface area contributed by atoms with Gasteiger partial charge in [0.05, 0.1) is 18.4 Å². The van der Waals surface area contributed by atoms with Gasteiger partial charge in [-0.3, -0.25) is 4.79 Å². The van der Waals surface area contributed by atoms with Crippen LogP contribution in [0.2, 0.25) is 5.02 Å². The number of benzene rings is 2. The van der Waals surface area contributed by atoms with Crippen LogP contribution in [0.25, 0.3) is 0 Å². The summed E-state index contributed by atoms with van der Waals surface area (Å²) < 4.78 is 5.24. The molecule has 1 aromatic heterocycles. The Hall–Kier alpha value is -3.25. The Labute approximate surface area is 169 Å². The van der Waals surface area contributed by atoms with Crippen molar-refractivity contribution in [2.75, 3.05) is 36.7 Å². The highest BCUT2D eigenvalue weighted by molar-refractivity contribution is 6.31. The number of carbonyl (C=O) groups excluding carboxylic acids is 1. The van der Waals surface area contributed by atoms with Crippen molar-refractivity contribution < 1.29 is 9.53 Å². The minimum atomic E-state index is -0.296. The van der Waals surface area contributed by atoms with Gasteiger partial charge in [-0.05, 0) is 54.6 Å². The van der Waals surface area contributed by atoms with Gasteiger partial charge in [0.2, 0.25) is 0 Å². The largest absolute Gasteiger partial charge is 0.495 e. The number of pyridine rings is 1. The SMILES string of the molecule is COc1ccc(Cl)cc1NC(=O)c1ccc(Nc2ccc(N(C)C)cc2)nc1. The molecule has 2 N–H and O–H groups in total. The number of nitrogens with one attached hydrogen (secondary N) is 2. The molecule has 0 fully saturated rings. The number of halogens is 1. The minimum Gasteiger partial charge on any atom is -0.495 e. The highest BCUT2D eigenvalue weighted by atomic mass is 35.5. The summed E-state index contributed by atoms with van der Waals surface area (Å²) in [6, 6.07) is 16.5. The van der Waals surface area contributed by atoms with Crippen LogP contribution < -0.4 is 20.3 Å². The Morgan fingerprint density at radius 2 is 1.82 bits per heavy atom. The van der Waals surface area contributed by atoms with E-state index in [0.29, 0.717) is 27.8 Å². The fourth-order valence-corrected chi connectivity index (χ4v) is 2.74. The van der Waals surface area contributed by atoms with E-state index in [-0.39, 0.29) is 5.91 Å². The lowest BCUT2D eigenvalue weighted by Crippen LogP contribution is -2.13.